The first-order valence-corrected chi connectivity index (χ1v) is 6.43. The molecule has 1 atom stereocenters. The van der Waals surface area contributed by atoms with Crippen molar-refractivity contribution in [3.63, 3.8) is 0 Å². The van der Waals surface area contributed by atoms with Crippen LogP contribution >= 0.6 is 0 Å². The highest BCUT2D eigenvalue weighted by atomic mass is 16.2. The Kier molecular flexibility index (Phi) is 3.87. The van der Waals surface area contributed by atoms with Crippen molar-refractivity contribution in [3.05, 3.63) is 29.8 Å². The first-order chi connectivity index (χ1) is 8.61. The molecule has 1 aromatic carbocycles. The topological polar surface area (TPSA) is 44.4 Å². The second-order valence-electron chi connectivity index (χ2n) is 4.90. The highest BCUT2D eigenvalue weighted by Crippen LogP contribution is 2.26. The summed E-state index contributed by atoms with van der Waals surface area (Å²) in [5, 5.41) is 6.10. The number of carbonyl (C=O) groups excluding carboxylic acids is 1. The summed E-state index contributed by atoms with van der Waals surface area (Å²) >= 11 is 0. The van der Waals surface area contributed by atoms with E-state index in [1.54, 1.807) is 4.90 Å². The van der Waals surface area contributed by atoms with E-state index in [-0.39, 0.29) is 6.03 Å². The standard InChI is InChI=1S/C14H21N3O/c1-10(15-2)11-4-6-12(7-5-11)16-14(18)17(3)13-8-9-13/h4-7,10,13,15H,8-9H2,1-3H3,(H,16,18). The summed E-state index contributed by atoms with van der Waals surface area (Å²) in [6.45, 7) is 2.11. The first kappa shape index (κ1) is 12.9. The van der Waals surface area contributed by atoms with Crippen molar-refractivity contribution in [1.29, 1.82) is 0 Å². The third-order valence-corrected chi connectivity index (χ3v) is 3.51. The molecule has 2 N–H and O–H groups in total. The molecule has 4 nitrogen and oxygen atoms in total. The molecule has 0 radical (unpaired) electrons. The van der Waals surface area contributed by atoms with Gasteiger partial charge in [-0.25, -0.2) is 4.79 Å². The molecule has 0 saturated heterocycles. The van der Waals surface area contributed by atoms with Crippen molar-refractivity contribution >= 4 is 11.7 Å². The Labute approximate surface area is 108 Å². The van der Waals surface area contributed by atoms with E-state index in [9.17, 15) is 4.79 Å². The van der Waals surface area contributed by atoms with Crippen LogP contribution in [0.25, 0.3) is 0 Å². The molecule has 1 unspecified atom stereocenters. The largest absolute Gasteiger partial charge is 0.325 e. The fourth-order valence-corrected chi connectivity index (χ4v) is 1.86. The highest BCUT2D eigenvalue weighted by molar-refractivity contribution is 5.89. The van der Waals surface area contributed by atoms with Gasteiger partial charge in [-0.2, -0.15) is 0 Å². The van der Waals surface area contributed by atoms with Crippen LogP contribution in [0.2, 0.25) is 0 Å². The predicted molar refractivity (Wildman–Crippen MR) is 73.7 cm³/mol. The van der Waals surface area contributed by atoms with E-state index < -0.39 is 0 Å². The molecule has 0 spiro atoms. The van der Waals surface area contributed by atoms with Gasteiger partial charge < -0.3 is 15.5 Å². The summed E-state index contributed by atoms with van der Waals surface area (Å²) in [7, 11) is 3.79. The zero-order valence-electron chi connectivity index (χ0n) is 11.2. The summed E-state index contributed by atoms with van der Waals surface area (Å²) in [6, 6.07) is 8.70. The molecule has 0 bridgehead atoms. The number of benzene rings is 1. The third kappa shape index (κ3) is 3.01. The van der Waals surface area contributed by atoms with Gasteiger partial charge in [0.2, 0.25) is 0 Å². The van der Waals surface area contributed by atoms with Crippen molar-refractivity contribution in [2.75, 3.05) is 19.4 Å². The van der Waals surface area contributed by atoms with Crippen LogP contribution in [0.5, 0.6) is 0 Å². The lowest BCUT2D eigenvalue weighted by molar-refractivity contribution is 0.220. The van der Waals surface area contributed by atoms with E-state index in [0.717, 1.165) is 18.5 Å². The summed E-state index contributed by atoms with van der Waals surface area (Å²) < 4.78 is 0. The van der Waals surface area contributed by atoms with Gasteiger partial charge in [0, 0.05) is 24.8 Å². The highest BCUT2D eigenvalue weighted by Gasteiger charge is 2.29. The number of urea groups is 1. The molecule has 1 aromatic rings. The number of hydrogen-bond donors (Lipinski definition) is 2. The van der Waals surface area contributed by atoms with Crippen molar-refractivity contribution in [1.82, 2.24) is 10.2 Å². The Morgan fingerprint density at radius 2 is 1.94 bits per heavy atom. The van der Waals surface area contributed by atoms with Crippen LogP contribution < -0.4 is 10.6 Å². The normalized spacial score (nSPS) is 16.2. The molecule has 0 aromatic heterocycles. The Morgan fingerprint density at radius 3 is 2.44 bits per heavy atom. The average Bonchev–Trinajstić information content (AvgIpc) is 3.22. The lowest BCUT2D eigenvalue weighted by Crippen LogP contribution is -2.33. The number of nitrogens with zero attached hydrogens (tertiary/aromatic N) is 1. The zero-order valence-corrected chi connectivity index (χ0v) is 11.2. The zero-order chi connectivity index (χ0) is 13.1. The van der Waals surface area contributed by atoms with Crippen LogP contribution in [0.15, 0.2) is 24.3 Å². The lowest BCUT2D eigenvalue weighted by Gasteiger charge is -2.17. The quantitative estimate of drug-likeness (QED) is 0.859. The molecule has 1 saturated carbocycles. The predicted octanol–water partition coefficient (Wildman–Crippen LogP) is 2.59. The van der Waals surface area contributed by atoms with Crippen LogP contribution in [0.4, 0.5) is 10.5 Å². The number of anilines is 1. The van der Waals surface area contributed by atoms with Gasteiger partial charge in [0.25, 0.3) is 0 Å². The molecule has 1 aliphatic rings. The Hall–Kier alpha value is -1.55. The van der Waals surface area contributed by atoms with Crippen LogP contribution in [-0.2, 0) is 0 Å². The van der Waals surface area contributed by atoms with E-state index in [2.05, 4.69) is 17.6 Å². The van der Waals surface area contributed by atoms with Gasteiger partial charge in [0.1, 0.15) is 0 Å². The fourth-order valence-electron chi connectivity index (χ4n) is 1.86. The first-order valence-electron chi connectivity index (χ1n) is 6.43. The molecule has 1 fully saturated rings. The van der Waals surface area contributed by atoms with Crippen molar-refractivity contribution in [3.8, 4) is 0 Å². The molecule has 2 amide bonds. The maximum atomic E-state index is 11.9. The summed E-state index contributed by atoms with van der Waals surface area (Å²) in [5.41, 5.74) is 2.06. The van der Waals surface area contributed by atoms with Crippen LogP contribution in [0, 0.1) is 0 Å². The fraction of sp³-hybridized carbons (Fsp3) is 0.500. The molecule has 0 heterocycles. The second-order valence-corrected chi connectivity index (χ2v) is 4.90. The number of hydrogen-bond acceptors (Lipinski definition) is 2. The van der Waals surface area contributed by atoms with Crippen molar-refractivity contribution < 1.29 is 4.79 Å². The molecule has 98 valence electrons. The van der Waals surface area contributed by atoms with Gasteiger partial charge in [-0.3, -0.25) is 0 Å². The van der Waals surface area contributed by atoms with Gasteiger partial charge in [-0.15, -0.1) is 0 Å². The minimum atomic E-state index is -0.0214. The minimum Gasteiger partial charge on any atom is -0.325 e. The van der Waals surface area contributed by atoms with Crippen molar-refractivity contribution in [2.24, 2.45) is 0 Å². The summed E-state index contributed by atoms with van der Waals surface area (Å²) in [4.78, 5) is 13.7. The molecule has 1 aliphatic carbocycles. The molecular weight excluding hydrogens is 226 g/mol. The second kappa shape index (κ2) is 5.40. The van der Waals surface area contributed by atoms with Gasteiger partial charge in [-0.05, 0) is 44.5 Å². The third-order valence-electron chi connectivity index (χ3n) is 3.51. The van der Waals surface area contributed by atoms with E-state index in [1.165, 1.54) is 5.56 Å². The Balaban J connectivity index is 1.95. The number of amides is 2. The maximum absolute atomic E-state index is 11.9. The van der Waals surface area contributed by atoms with E-state index in [4.69, 9.17) is 0 Å². The molecule has 4 heteroatoms. The van der Waals surface area contributed by atoms with Gasteiger partial charge in [-0.1, -0.05) is 12.1 Å². The number of rotatable bonds is 4. The van der Waals surface area contributed by atoms with E-state index >= 15 is 0 Å². The average molecular weight is 247 g/mol. The van der Waals surface area contributed by atoms with E-state index in [0.29, 0.717) is 12.1 Å². The minimum absolute atomic E-state index is 0.0214. The van der Waals surface area contributed by atoms with Crippen molar-refractivity contribution in [2.45, 2.75) is 31.8 Å². The SMILES string of the molecule is CNC(C)c1ccc(NC(=O)N(C)C2CC2)cc1. The summed E-state index contributed by atoms with van der Waals surface area (Å²) in [5.74, 6) is 0. The molecule has 2 rings (SSSR count). The Morgan fingerprint density at radius 1 is 1.33 bits per heavy atom. The number of carbonyl (C=O) groups is 1. The van der Waals surface area contributed by atoms with Gasteiger partial charge in [0.15, 0.2) is 0 Å². The summed E-state index contributed by atoms with van der Waals surface area (Å²) in [6.07, 6.45) is 2.26. The van der Waals surface area contributed by atoms with Crippen LogP contribution in [0.1, 0.15) is 31.4 Å². The Bertz CT molecular complexity index is 412. The lowest BCUT2D eigenvalue weighted by atomic mass is 10.1. The monoisotopic (exact) mass is 247 g/mol. The van der Waals surface area contributed by atoms with E-state index in [1.807, 2.05) is 38.4 Å². The van der Waals surface area contributed by atoms with Crippen LogP contribution in [-0.4, -0.2) is 31.1 Å². The maximum Gasteiger partial charge on any atom is 0.321 e. The number of nitrogens with one attached hydrogen (secondary N) is 2. The molecule has 18 heavy (non-hydrogen) atoms. The van der Waals surface area contributed by atoms with Crippen LogP contribution in [0.3, 0.4) is 0 Å². The molecular formula is C14H21N3O. The van der Waals surface area contributed by atoms with Gasteiger partial charge >= 0.3 is 6.03 Å². The smallest absolute Gasteiger partial charge is 0.321 e. The molecule has 0 aliphatic heterocycles. The van der Waals surface area contributed by atoms with Gasteiger partial charge in [0.05, 0.1) is 0 Å².